The van der Waals surface area contributed by atoms with Crippen molar-refractivity contribution in [3.05, 3.63) is 48.7 Å². The Balaban J connectivity index is 1.54. The third-order valence-corrected chi connectivity index (χ3v) is 3.84. The van der Waals surface area contributed by atoms with Crippen molar-refractivity contribution in [3.63, 3.8) is 0 Å². The molecule has 0 saturated carbocycles. The lowest BCUT2D eigenvalue weighted by atomic mass is 10.2. The van der Waals surface area contributed by atoms with Gasteiger partial charge in [-0.05, 0) is 18.2 Å². The number of ether oxygens (including phenoxy) is 2. The second-order valence-corrected chi connectivity index (χ2v) is 5.63. The molecule has 0 spiro atoms. The van der Waals surface area contributed by atoms with E-state index in [9.17, 15) is 9.59 Å². The van der Waals surface area contributed by atoms with Gasteiger partial charge in [-0.3, -0.25) is 9.59 Å². The molecule has 1 aliphatic heterocycles. The van der Waals surface area contributed by atoms with Gasteiger partial charge in [0.2, 0.25) is 11.8 Å². The number of carbonyl (C=O) groups is 2. The maximum Gasteiger partial charge on any atom is 0.258 e. The van der Waals surface area contributed by atoms with E-state index in [1.54, 1.807) is 42.5 Å². The van der Waals surface area contributed by atoms with Gasteiger partial charge in [-0.1, -0.05) is 12.1 Å². The van der Waals surface area contributed by atoms with E-state index < -0.39 is 0 Å². The van der Waals surface area contributed by atoms with Crippen LogP contribution in [0.3, 0.4) is 0 Å². The number of nitrogens with one attached hydrogen (secondary N) is 1. The minimum absolute atomic E-state index is 0.0378. The highest BCUT2D eigenvalue weighted by atomic mass is 16.5. The summed E-state index contributed by atoms with van der Waals surface area (Å²) in [6.45, 7) is 0.280. The lowest BCUT2D eigenvalue weighted by molar-refractivity contribution is -0.123. The van der Waals surface area contributed by atoms with Gasteiger partial charge in [-0.25, -0.2) is 4.98 Å². The normalized spacial score (nSPS) is 16.6. The highest BCUT2D eigenvalue weighted by Gasteiger charge is 2.31. The average Bonchev–Trinajstić information content (AvgIpc) is 3.01. The highest BCUT2D eigenvalue weighted by Crippen LogP contribution is 2.25. The molecule has 1 unspecified atom stereocenters. The maximum absolute atomic E-state index is 12.2. The van der Waals surface area contributed by atoms with Crippen LogP contribution in [-0.2, 0) is 9.59 Å². The molecule has 1 fully saturated rings. The van der Waals surface area contributed by atoms with Gasteiger partial charge in [-0.2, -0.15) is 0 Å². The number of hydrogen-bond donors (Lipinski definition) is 1. The zero-order valence-electron chi connectivity index (χ0n) is 13.8. The fourth-order valence-corrected chi connectivity index (χ4v) is 2.67. The Bertz CT molecular complexity index is 751. The number of anilines is 1. The molecule has 0 radical (unpaired) electrons. The number of hydrogen-bond acceptors (Lipinski definition) is 5. The summed E-state index contributed by atoms with van der Waals surface area (Å²) in [7, 11) is 1.58. The van der Waals surface area contributed by atoms with Crippen LogP contribution in [0.25, 0.3) is 0 Å². The van der Waals surface area contributed by atoms with Gasteiger partial charge in [-0.15, -0.1) is 0 Å². The number of carbonyl (C=O) groups excluding carboxylic acids is 2. The summed E-state index contributed by atoms with van der Waals surface area (Å²) in [6, 6.07) is 12.3. The largest absolute Gasteiger partial charge is 0.497 e. The molecule has 7 nitrogen and oxygen atoms in total. The summed E-state index contributed by atoms with van der Waals surface area (Å²) >= 11 is 0. The van der Waals surface area contributed by atoms with Crippen molar-refractivity contribution < 1.29 is 19.1 Å². The van der Waals surface area contributed by atoms with Crippen LogP contribution in [0, 0.1) is 0 Å². The molecule has 0 aliphatic carbocycles. The first-order valence-corrected chi connectivity index (χ1v) is 7.93. The minimum Gasteiger partial charge on any atom is -0.497 e. The van der Waals surface area contributed by atoms with Crippen molar-refractivity contribution in [2.45, 2.75) is 12.5 Å². The predicted molar refractivity (Wildman–Crippen MR) is 91.6 cm³/mol. The molecule has 0 bridgehead atoms. The number of methoxy groups -OCH3 is 1. The Morgan fingerprint density at radius 1 is 1.32 bits per heavy atom. The summed E-state index contributed by atoms with van der Waals surface area (Å²) in [4.78, 5) is 29.9. The lowest BCUT2D eigenvalue weighted by Gasteiger charge is -2.18. The van der Waals surface area contributed by atoms with Crippen LogP contribution >= 0.6 is 0 Å². The Morgan fingerprint density at radius 3 is 2.96 bits per heavy atom. The molecule has 1 N–H and O–H groups in total. The molecule has 1 aliphatic rings. The second kappa shape index (κ2) is 7.65. The molecule has 25 heavy (non-hydrogen) atoms. The number of pyridine rings is 1. The lowest BCUT2D eigenvalue weighted by Crippen LogP contribution is -2.39. The molecule has 1 aromatic heterocycles. The monoisotopic (exact) mass is 341 g/mol. The standard InChI is InChI=1S/C18H19N3O4/c1-24-15-6-4-5-14(10-15)21-11-13(9-18(21)23)20-16(22)12-25-17-7-2-3-8-19-17/h2-8,10,13H,9,11-12H2,1H3,(H,20,22). The predicted octanol–water partition coefficient (Wildman–Crippen LogP) is 1.39. The van der Waals surface area contributed by atoms with Crippen LogP contribution in [0.1, 0.15) is 6.42 Å². The van der Waals surface area contributed by atoms with Gasteiger partial charge in [0.1, 0.15) is 5.75 Å². The zero-order valence-corrected chi connectivity index (χ0v) is 13.8. The molecule has 2 aromatic rings. The van der Waals surface area contributed by atoms with E-state index in [1.807, 2.05) is 18.2 Å². The Kier molecular flexibility index (Phi) is 5.13. The van der Waals surface area contributed by atoms with Crippen LogP contribution in [0.4, 0.5) is 5.69 Å². The maximum atomic E-state index is 12.2. The quantitative estimate of drug-likeness (QED) is 0.859. The third-order valence-electron chi connectivity index (χ3n) is 3.84. The van der Waals surface area contributed by atoms with E-state index in [0.717, 1.165) is 5.69 Å². The Labute approximate surface area is 145 Å². The van der Waals surface area contributed by atoms with Gasteiger partial charge in [0.05, 0.1) is 13.2 Å². The second-order valence-electron chi connectivity index (χ2n) is 5.63. The molecular formula is C18H19N3O4. The highest BCUT2D eigenvalue weighted by molar-refractivity contribution is 5.97. The topological polar surface area (TPSA) is 80.8 Å². The molecule has 1 atom stereocenters. The van der Waals surface area contributed by atoms with Crippen LogP contribution in [0.15, 0.2) is 48.7 Å². The number of benzene rings is 1. The first-order valence-electron chi connectivity index (χ1n) is 7.93. The summed E-state index contributed by atoms with van der Waals surface area (Å²) in [5, 5.41) is 2.82. The van der Waals surface area contributed by atoms with E-state index in [1.165, 1.54) is 0 Å². The van der Waals surface area contributed by atoms with Crippen LogP contribution in [-0.4, -0.2) is 43.1 Å². The van der Waals surface area contributed by atoms with Gasteiger partial charge >= 0.3 is 0 Å². The summed E-state index contributed by atoms with van der Waals surface area (Å²) in [5.74, 6) is 0.750. The number of aromatic nitrogens is 1. The van der Waals surface area contributed by atoms with Crippen LogP contribution in [0.5, 0.6) is 11.6 Å². The van der Waals surface area contributed by atoms with Crippen LogP contribution < -0.4 is 19.7 Å². The van der Waals surface area contributed by atoms with Crippen molar-refractivity contribution in [2.75, 3.05) is 25.2 Å². The molecule has 130 valence electrons. The van der Waals surface area contributed by atoms with E-state index in [-0.39, 0.29) is 30.9 Å². The molecule has 3 rings (SSSR count). The van der Waals surface area contributed by atoms with Crippen molar-refractivity contribution in [2.24, 2.45) is 0 Å². The van der Waals surface area contributed by atoms with Crippen molar-refractivity contribution >= 4 is 17.5 Å². The summed E-state index contributed by atoms with van der Waals surface area (Å²) < 4.78 is 10.5. The summed E-state index contributed by atoms with van der Waals surface area (Å²) in [5.41, 5.74) is 0.755. The third kappa shape index (κ3) is 4.26. The van der Waals surface area contributed by atoms with Crippen molar-refractivity contribution in [1.29, 1.82) is 0 Å². The van der Waals surface area contributed by atoms with Gasteiger partial charge in [0.25, 0.3) is 5.91 Å². The molecule has 2 heterocycles. The van der Waals surface area contributed by atoms with E-state index in [4.69, 9.17) is 9.47 Å². The number of amides is 2. The van der Waals surface area contributed by atoms with Gasteiger partial charge < -0.3 is 19.7 Å². The number of nitrogens with zero attached hydrogens (tertiary/aromatic N) is 2. The first-order chi connectivity index (χ1) is 12.2. The number of rotatable bonds is 6. The minimum atomic E-state index is -0.282. The molecule has 7 heteroatoms. The molecule has 2 amide bonds. The van der Waals surface area contributed by atoms with Crippen LogP contribution in [0.2, 0.25) is 0 Å². The summed E-state index contributed by atoms with van der Waals surface area (Å²) in [6.07, 6.45) is 1.85. The Morgan fingerprint density at radius 2 is 2.20 bits per heavy atom. The van der Waals surface area contributed by atoms with E-state index in [0.29, 0.717) is 18.2 Å². The SMILES string of the molecule is COc1cccc(N2CC(NC(=O)COc3ccccn3)CC2=O)c1. The molecule has 1 aromatic carbocycles. The molecule has 1 saturated heterocycles. The first kappa shape index (κ1) is 16.8. The zero-order chi connectivity index (χ0) is 17.6. The fraction of sp³-hybridized carbons (Fsp3) is 0.278. The van der Waals surface area contributed by atoms with Crippen molar-refractivity contribution in [1.82, 2.24) is 10.3 Å². The van der Waals surface area contributed by atoms with Gasteiger partial charge in [0.15, 0.2) is 6.61 Å². The Hall–Kier alpha value is -3.09. The van der Waals surface area contributed by atoms with E-state index >= 15 is 0 Å². The van der Waals surface area contributed by atoms with Gasteiger partial charge in [0, 0.05) is 37.0 Å². The molecular weight excluding hydrogens is 322 g/mol. The van der Waals surface area contributed by atoms with E-state index in [2.05, 4.69) is 10.3 Å². The smallest absolute Gasteiger partial charge is 0.258 e. The van der Waals surface area contributed by atoms with Crippen molar-refractivity contribution in [3.8, 4) is 11.6 Å². The fourth-order valence-electron chi connectivity index (χ4n) is 2.67. The average molecular weight is 341 g/mol.